The molecule has 7 heteroatoms. The van der Waals surface area contributed by atoms with E-state index in [0.717, 1.165) is 0 Å². The number of nitro benzene ring substituents is 1. The van der Waals surface area contributed by atoms with E-state index in [-0.39, 0.29) is 22.4 Å². The number of amides is 1. The maximum atomic E-state index is 11.3. The molecule has 1 heterocycles. The molecule has 1 aliphatic rings. The number of carbonyl (C=O) groups excluding carboxylic acids is 1. The summed E-state index contributed by atoms with van der Waals surface area (Å²) in [5.41, 5.74) is 6.39. The summed E-state index contributed by atoms with van der Waals surface area (Å²) in [6.07, 6.45) is 0.637. The van der Waals surface area contributed by atoms with Gasteiger partial charge in [-0.15, -0.1) is 0 Å². The Kier molecular flexibility index (Phi) is 4.07. The molecule has 1 atom stereocenters. The Morgan fingerprint density at radius 2 is 2.35 bits per heavy atom. The molecular formula is C13H18N4O3. The maximum Gasteiger partial charge on any atom is 0.315 e. The molecule has 108 valence electrons. The summed E-state index contributed by atoms with van der Waals surface area (Å²) in [5, 5.41) is 14.3. The lowest BCUT2D eigenvalue weighted by Crippen LogP contribution is -2.27. The fourth-order valence-corrected chi connectivity index (χ4v) is 2.52. The Balaban J connectivity index is 2.34. The Morgan fingerprint density at radius 3 is 2.90 bits per heavy atom. The molecule has 3 N–H and O–H groups in total. The second-order valence-electron chi connectivity index (χ2n) is 4.79. The van der Waals surface area contributed by atoms with Gasteiger partial charge in [-0.05, 0) is 25.5 Å². The molecule has 1 aromatic rings. The Hall–Kier alpha value is -2.31. The summed E-state index contributed by atoms with van der Waals surface area (Å²) in [6.45, 7) is 3.53. The molecule has 1 unspecified atom stereocenters. The van der Waals surface area contributed by atoms with Gasteiger partial charge in [0, 0.05) is 19.6 Å². The fourth-order valence-electron chi connectivity index (χ4n) is 2.52. The summed E-state index contributed by atoms with van der Waals surface area (Å²) >= 11 is 0. The molecule has 1 amide bonds. The number of nitrogens with zero attached hydrogens (tertiary/aromatic N) is 2. The van der Waals surface area contributed by atoms with Crippen molar-refractivity contribution in [2.24, 2.45) is 11.7 Å². The summed E-state index contributed by atoms with van der Waals surface area (Å²) in [6, 6.07) is 5.17. The molecule has 7 nitrogen and oxygen atoms in total. The van der Waals surface area contributed by atoms with Gasteiger partial charge in [0.05, 0.1) is 10.8 Å². The molecule has 0 spiro atoms. The van der Waals surface area contributed by atoms with Crippen LogP contribution in [0.25, 0.3) is 0 Å². The van der Waals surface area contributed by atoms with Gasteiger partial charge in [-0.3, -0.25) is 14.9 Å². The number of nitrogens with one attached hydrogen (secondary N) is 1. The van der Waals surface area contributed by atoms with Gasteiger partial charge in [0.2, 0.25) is 5.91 Å². The highest BCUT2D eigenvalue weighted by atomic mass is 16.6. The van der Waals surface area contributed by atoms with Crippen molar-refractivity contribution in [3.8, 4) is 0 Å². The third kappa shape index (κ3) is 2.66. The zero-order valence-corrected chi connectivity index (χ0v) is 11.3. The second kappa shape index (κ2) is 5.77. The molecule has 0 radical (unpaired) electrons. The number of hydrogen-bond donors (Lipinski definition) is 2. The fraction of sp³-hybridized carbons (Fsp3) is 0.462. The van der Waals surface area contributed by atoms with E-state index in [1.165, 1.54) is 0 Å². The van der Waals surface area contributed by atoms with Crippen LogP contribution >= 0.6 is 0 Å². The first-order chi connectivity index (χ1) is 9.54. The predicted octanol–water partition coefficient (Wildman–Crippen LogP) is 1.34. The molecule has 0 aliphatic carbocycles. The minimum absolute atomic E-state index is 0.0551. The molecule has 0 aromatic heterocycles. The SMILES string of the molecule is CCNc1cccc(N2CCC(C(N)=O)C2)c1[N+](=O)[O-]. The number of carbonyl (C=O) groups is 1. The van der Waals surface area contributed by atoms with Crippen molar-refractivity contribution < 1.29 is 9.72 Å². The number of primary amides is 1. The van der Waals surface area contributed by atoms with Crippen molar-refractivity contribution >= 4 is 23.0 Å². The zero-order valence-electron chi connectivity index (χ0n) is 11.3. The summed E-state index contributed by atoms with van der Waals surface area (Å²) < 4.78 is 0. The van der Waals surface area contributed by atoms with Crippen LogP contribution in [0.2, 0.25) is 0 Å². The van der Waals surface area contributed by atoms with Gasteiger partial charge in [0.25, 0.3) is 0 Å². The highest BCUT2D eigenvalue weighted by molar-refractivity contribution is 5.81. The van der Waals surface area contributed by atoms with E-state index in [4.69, 9.17) is 5.73 Å². The van der Waals surface area contributed by atoms with E-state index >= 15 is 0 Å². The van der Waals surface area contributed by atoms with Crippen LogP contribution in [0.4, 0.5) is 17.1 Å². The number of hydrogen-bond acceptors (Lipinski definition) is 5. The van der Waals surface area contributed by atoms with E-state index in [2.05, 4.69) is 5.32 Å². The molecule has 1 aliphatic heterocycles. The van der Waals surface area contributed by atoms with Crippen LogP contribution in [0, 0.1) is 16.0 Å². The van der Waals surface area contributed by atoms with Crippen LogP contribution in [0.1, 0.15) is 13.3 Å². The molecule has 2 rings (SSSR count). The third-order valence-corrected chi connectivity index (χ3v) is 3.50. The predicted molar refractivity (Wildman–Crippen MR) is 76.8 cm³/mol. The lowest BCUT2D eigenvalue weighted by molar-refractivity contribution is -0.383. The maximum absolute atomic E-state index is 11.3. The number of anilines is 2. The normalized spacial score (nSPS) is 18.1. The van der Waals surface area contributed by atoms with Crippen LogP contribution in [-0.2, 0) is 4.79 Å². The molecule has 1 fully saturated rings. The van der Waals surface area contributed by atoms with E-state index in [1.807, 2.05) is 11.8 Å². The Labute approximate surface area is 116 Å². The van der Waals surface area contributed by atoms with Gasteiger partial charge >= 0.3 is 5.69 Å². The first-order valence-corrected chi connectivity index (χ1v) is 6.60. The van der Waals surface area contributed by atoms with Gasteiger partial charge in [-0.1, -0.05) is 6.07 Å². The molecular weight excluding hydrogens is 260 g/mol. The van der Waals surface area contributed by atoms with Gasteiger partial charge in [-0.2, -0.15) is 0 Å². The Bertz CT molecular complexity index is 532. The van der Waals surface area contributed by atoms with Crippen LogP contribution in [0.5, 0.6) is 0 Å². The number of para-hydroxylation sites is 1. The molecule has 1 saturated heterocycles. The van der Waals surface area contributed by atoms with Gasteiger partial charge in [0.15, 0.2) is 0 Å². The number of rotatable bonds is 5. The first-order valence-electron chi connectivity index (χ1n) is 6.60. The first kappa shape index (κ1) is 14.1. The van der Waals surface area contributed by atoms with Crippen molar-refractivity contribution in [2.75, 3.05) is 29.9 Å². The van der Waals surface area contributed by atoms with Crippen molar-refractivity contribution in [3.63, 3.8) is 0 Å². The topological polar surface area (TPSA) is 102 Å². The highest BCUT2D eigenvalue weighted by Crippen LogP contribution is 2.37. The standard InChI is InChI=1S/C13H18N4O3/c1-2-15-10-4-3-5-11(12(10)17(19)20)16-7-6-9(8-16)13(14)18/h3-5,9,15H,2,6-8H2,1H3,(H2,14,18). The van der Waals surface area contributed by atoms with Crippen molar-refractivity contribution in [1.29, 1.82) is 0 Å². The Morgan fingerprint density at radius 1 is 1.60 bits per heavy atom. The average Bonchev–Trinajstić information content (AvgIpc) is 2.88. The molecule has 1 aromatic carbocycles. The van der Waals surface area contributed by atoms with E-state index < -0.39 is 0 Å². The van der Waals surface area contributed by atoms with Gasteiger partial charge in [0.1, 0.15) is 11.4 Å². The lowest BCUT2D eigenvalue weighted by Gasteiger charge is -2.19. The second-order valence-corrected chi connectivity index (χ2v) is 4.79. The summed E-state index contributed by atoms with van der Waals surface area (Å²) in [7, 11) is 0. The van der Waals surface area contributed by atoms with E-state index in [9.17, 15) is 14.9 Å². The van der Waals surface area contributed by atoms with Gasteiger partial charge in [-0.25, -0.2) is 0 Å². The lowest BCUT2D eigenvalue weighted by atomic mass is 10.1. The van der Waals surface area contributed by atoms with Crippen molar-refractivity contribution in [2.45, 2.75) is 13.3 Å². The van der Waals surface area contributed by atoms with Crippen LogP contribution in [-0.4, -0.2) is 30.5 Å². The van der Waals surface area contributed by atoms with Gasteiger partial charge < -0.3 is 16.0 Å². The van der Waals surface area contributed by atoms with Crippen LogP contribution < -0.4 is 16.0 Å². The minimum atomic E-state index is -0.384. The molecule has 20 heavy (non-hydrogen) atoms. The van der Waals surface area contributed by atoms with Crippen molar-refractivity contribution in [3.05, 3.63) is 28.3 Å². The largest absolute Gasteiger partial charge is 0.380 e. The molecule has 0 bridgehead atoms. The zero-order chi connectivity index (χ0) is 14.7. The monoisotopic (exact) mass is 278 g/mol. The number of benzene rings is 1. The number of nitrogens with two attached hydrogens (primary N) is 1. The third-order valence-electron chi connectivity index (χ3n) is 3.50. The van der Waals surface area contributed by atoms with Crippen LogP contribution in [0.15, 0.2) is 18.2 Å². The van der Waals surface area contributed by atoms with E-state index in [1.54, 1.807) is 18.2 Å². The minimum Gasteiger partial charge on any atom is -0.380 e. The molecule has 0 saturated carbocycles. The average molecular weight is 278 g/mol. The van der Waals surface area contributed by atoms with Crippen molar-refractivity contribution in [1.82, 2.24) is 0 Å². The summed E-state index contributed by atoms with van der Waals surface area (Å²) in [4.78, 5) is 24.0. The smallest absolute Gasteiger partial charge is 0.315 e. The van der Waals surface area contributed by atoms with Crippen LogP contribution in [0.3, 0.4) is 0 Å². The highest BCUT2D eigenvalue weighted by Gasteiger charge is 2.31. The number of nitro groups is 1. The quantitative estimate of drug-likeness (QED) is 0.625. The van der Waals surface area contributed by atoms with E-state index in [0.29, 0.717) is 37.4 Å². The summed E-state index contributed by atoms with van der Waals surface area (Å²) in [5.74, 6) is -0.588.